The van der Waals surface area contributed by atoms with Crippen molar-refractivity contribution in [3.63, 3.8) is 0 Å². The van der Waals surface area contributed by atoms with Gasteiger partial charge >= 0.3 is 0 Å². The van der Waals surface area contributed by atoms with Crippen molar-refractivity contribution in [2.45, 2.75) is 52.2 Å². The highest BCUT2D eigenvalue weighted by atomic mass is 35.5. The van der Waals surface area contributed by atoms with Gasteiger partial charge in [0.15, 0.2) is 0 Å². The molecule has 27 heavy (non-hydrogen) atoms. The first-order valence-corrected chi connectivity index (χ1v) is 10.0. The summed E-state index contributed by atoms with van der Waals surface area (Å²) in [6, 6.07) is 5.52. The zero-order valence-corrected chi connectivity index (χ0v) is 16.6. The SMILES string of the molecule is CCCCOC(OCCCC)C(=O)c1cccc2c1C1=C2CC=C(Cl)C1=O. The summed E-state index contributed by atoms with van der Waals surface area (Å²) in [5.74, 6) is -0.440. The highest BCUT2D eigenvalue weighted by molar-refractivity contribution is 6.55. The summed E-state index contributed by atoms with van der Waals surface area (Å²) in [5.41, 5.74) is 3.65. The standard InChI is InChI=1S/C22H25ClO4/c1-3-5-12-26-22(27-13-6-4-2)20(24)16-9-7-8-14-15-10-11-17(23)21(25)19(15)18(14)16/h7-9,11,22H,3-6,10,12-13H2,1-2H3. The predicted molar refractivity (Wildman–Crippen MR) is 107 cm³/mol. The number of rotatable bonds is 10. The summed E-state index contributed by atoms with van der Waals surface area (Å²) in [5, 5.41) is 0.219. The average Bonchev–Trinajstić information content (AvgIpc) is 2.66. The van der Waals surface area contributed by atoms with Gasteiger partial charge in [-0.3, -0.25) is 9.59 Å². The van der Waals surface area contributed by atoms with Gasteiger partial charge in [-0.05, 0) is 30.4 Å². The molecule has 144 valence electrons. The van der Waals surface area contributed by atoms with E-state index in [1.807, 2.05) is 12.1 Å². The van der Waals surface area contributed by atoms with E-state index in [9.17, 15) is 9.59 Å². The van der Waals surface area contributed by atoms with Crippen LogP contribution in [0.5, 0.6) is 0 Å². The first-order valence-electron chi connectivity index (χ1n) is 9.64. The number of fused-ring (bicyclic) bond motifs is 3. The lowest BCUT2D eigenvalue weighted by molar-refractivity contribution is -0.115. The van der Waals surface area contributed by atoms with Crippen LogP contribution in [0.15, 0.2) is 29.3 Å². The number of Topliss-reactive ketones (excluding diaryl/α,β-unsaturated/α-hetero) is 2. The lowest BCUT2D eigenvalue weighted by Crippen LogP contribution is -2.31. The fourth-order valence-electron chi connectivity index (χ4n) is 3.36. The predicted octanol–water partition coefficient (Wildman–Crippen LogP) is 5.15. The van der Waals surface area contributed by atoms with E-state index in [0.717, 1.165) is 36.8 Å². The van der Waals surface area contributed by atoms with Crippen molar-refractivity contribution in [1.29, 1.82) is 0 Å². The van der Waals surface area contributed by atoms with Crippen LogP contribution in [0.3, 0.4) is 0 Å². The molecule has 0 unspecified atom stereocenters. The highest BCUT2D eigenvalue weighted by Crippen LogP contribution is 2.48. The van der Waals surface area contributed by atoms with E-state index < -0.39 is 6.29 Å². The molecular weight excluding hydrogens is 364 g/mol. The molecule has 0 amide bonds. The number of hydrogen-bond donors (Lipinski definition) is 0. The molecule has 0 heterocycles. The van der Waals surface area contributed by atoms with Crippen molar-refractivity contribution >= 4 is 34.3 Å². The van der Waals surface area contributed by atoms with Gasteiger partial charge in [-0.25, -0.2) is 0 Å². The van der Waals surface area contributed by atoms with E-state index in [4.69, 9.17) is 21.1 Å². The Morgan fingerprint density at radius 2 is 1.81 bits per heavy atom. The lowest BCUT2D eigenvalue weighted by Gasteiger charge is -2.31. The normalized spacial score (nSPS) is 15.4. The number of halogens is 1. The van der Waals surface area contributed by atoms with Gasteiger partial charge < -0.3 is 9.47 Å². The second-order valence-electron chi connectivity index (χ2n) is 6.81. The van der Waals surface area contributed by atoms with Crippen molar-refractivity contribution < 1.29 is 19.1 Å². The van der Waals surface area contributed by atoms with Gasteiger partial charge in [-0.15, -0.1) is 0 Å². The Morgan fingerprint density at radius 3 is 2.44 bits per heavy atom. The number of hydrogen-bond acceptors (Lipinski definition) is 4. The van der Waals surface area contributed by atoms with Crippen LogP contribution in [0.25, 0.3) is 11.1 Å². The number of carbonyl (C=O) groups is 2. The third-order valence-corrected chi connectivity index (χ3v) is 5.21. The Kier molecular flexibility index (Phi) is 6.64. The van der Waals surface area contributed by atoms with Crippen LogP contribution in [-0.4, -0.2) is 31.1 Å². The van der Waals surface area contributed by atoms with Gasteiger partial charge in [0.2, 0.25) is 17.9 Å². The van der Waals surface area contributed by atoms with Gasteiger partial charge in [0.25, 0.3) is 0 Å². The molecule has 0 N–H and O–H groups in total. The Hall–Kier alpha value is -1.75. The highest BCUT2D eigenvalue weighted by Gasteiger charge is 2.38. The summed E-state index contributed by atoms with van der Waals surface area (Å²) < 4.78 is 11.5. The number of ether oxygens (including phenoxy) is 2. The number of ketones is 2. The van der Waals surface area contributed by atoms with E-state index in [-0.39, 0.29) is 16.6 Å². The summed E-state index contributed by atoms with van der Waals surface area (Å²) in [4.78, 5) is 25.7. The molecular formula is C22H25ClO4. The van der Waals surface area contributed by atoms with Crippen molar-refractivity contribution in [3.8, 4) is 0 Å². The molecule has 4 nitrogen and oxygen atoms in total. The second-order valence-corrected chi connectivity index (χ2v) is 7.22. The quantitative estimate of drug-likeness (QED) is 0.316. The van der Waals surface area contributed by atoms with Crippen LogP contribution in [0, 0.1) is 0 Å². The van der Waals surface area contributed by atoms with E-state index in [1.165, 1.54) is 0 Å². The second kappa shape index (κ2) is 8.96. The number of unbranched alkanes of at least 4 members (excludes halogenated alkanes) is 2. The summed E-state index contributed by atoms with van der Waals surface area (Å²) in [6.45, 7) is 5.07. The molecule has 0 spiro atoms. The summed E-state index contributed by atoms with van der Waals surface area (Å²) in [7, 11) is 0. The zero-order valence-electron chi connectivity index (χ0n) is 15.8. The minimum Gasteiger partial charge on any atom is -0.346 e. The Balaban J connectivity index is 1.85. The Labute approximate surface area is 165 Å². The lowest BCUT2D eigenvalue weighted by atomic mass is 9.72. The smallest absolute Gasteiger partial charge is 0.222 e. The molecule has 3 rings (SSSR count). The van der Waals surface area contributed by atoms with Crippen LogP contribution >= 0.6 is 11.6 Å². The number of carbonyl (C=O) groups excluding carboxylic acids is 2. The minimum absolute atomic E-state index is 0.207. The first kappa shape index (κ1) is 20.0. The fraction of sp³-hybridized carbons (Fsp3) is 0.455. The van der Waals surface area contributed by atoms with Crippen LogP contribution in [-0.2, 0) is 14.3 Å². The molecule has 0 aliphatic heterocycles. The van der Waals surface area contributed by atoms with Gasteiger partial charge in [-0.2, -0.15) is 0 Å². The topological polar surface area (TPSA) is 52.6 Å². The molecule has 0 saturated heterocycles. The number of benzene rings is 1. The van der Waals surface area contributed by atoms with Gasteiger partial charge in [-0.1, -0.05) is 62.6 Å². The largest absolute Gasteiger partial charge is 0.346 e. The monoisotopic (exact) mass is 388 g/mol. The average molecular weight is 389 g/mol. The third kappa shape index (κ3) is 3.93. The molecule has 2 aliphatic rings. The van der Waals surface area contributed by atoms with E-state index in [0.29, 0.717) is 36.3 Å². The van der Waals surface area contributed by atoms with Crippen LogP contribution in [0.2, 0.25) is 0 Å². The first-order chi connectivity index (χ1) is 13.1. The molecule has 0 fully saturated rings. The van der Waals surface area contributed by atoms with Crippen LogP contribution < -0.4 is 0 Å². The summed E-state index contributed by atoms with van der Waals surface area (Å²) >= 11 is 6.03. The van der Waals surface area contributed by atoms with Crippen LogP contribution in [0.4, 0.5) is 0 Å². The zero-order chi connectivity index (χ0) is 19.4. The third-order valence-electron chi connectivity index (χ3n) is 4.88. The van der Waals surface area contributed by atoms with Gasteiger partial charge in [0.1, 0.15) is 0 Å². The molecule has 0 bridgehead atoms. The van der Waals surface area contributed by atoms with E-state index in [2.05, 4.69) is 13.8 Å². The van der Waals surface area contributed by atoms with Crippen molar-refractivity contribution in [2.24, 2.45) is 0 Å². The summed E-state index contributed by atoms with van der Waals surface area (Å²) in [6.07, 6.45) is 5.09. The molecule has 5 heteroatoms. The van der Waals surface area contributed by atoms with Crippen molar-refractivity contribution in [2.75, 3.05) is 13.2 Å². The molecule has 0 aromatic heterocycles. The maximum atomic E-state index is 13.2. The molecule has 0 atom stereocenters. The molecule has 0 radical (unpaired) electrons. The maximum absolute atomic E-state index is 13.2. The maximum Gasteiger partial charge on any atom is 0.222 e. The van der Waals surface area contributed by atoms with Crippen molar-refractivity contribution in [3.05, 3.63) is 46.0 Å². The van der Waals surface area contributed by atoms with Crippen molar-refractivity contribution in [1.82, 2.24) is 0 Å². The fourth-order valence-corrected chi connectivity index (χ4v) is 3.54. The van der Waals surface area contributed by atoms with E-state index in [1.54, 1.807) is 12.1 Å². The molecule has 0 saturated carbocycles. The molecule has 1 aromatic rings. The Bertz CT molecular complexity index is 797. The van der Waals surface area contributed by atoms with Gasteiger partial charge in [0, 0.05) is 16.7 Å². The van der Waals surface area contributed by atoms with Crippen LogP contribution in [0.1, 0.15) is 67.4 Å². The molecule has 1 aromatic carbocycles. The van der Waals surface area contributed by atoms with Gasteiger partial charge in [0.05, 0.1) is 18.2 Å². The Morgan fingerprint density at radius 1 is 1.15 bits per heavy atom. The molecule has 2 aliphatic carbocycles. The minimum atomic E-state index is -0.941. The number of allylic oxidation sites excluding steroid dienone is 4. The van der Waals surface area contributed by atoms with E-state index >= 15 is 0 Å².